The lowest BCUT2D eigenvalue weighted by molar-refractivity contribution is 0.0784. The molecule has 0 aliphatic carbocycles. The van der Waals surface area contributed by atoms with Gasteiger partial charge < -0.3 is 9.42 Å². The molecule has 0 aliphatic rings. The molecular weight excluding hydrogens is 359 g/mol. The van der Waals surface area contributed by atoms with Crippen LogP contribution in [0.2, 0.25) is 10.0 Å². The maximum absolute atomic E-state index is 12.9. The molecule has 4 nitrogen and oxygen atoms in total. The second-order valence-corrected chi connectivity index (χ2v) is 6.55. The molecule has 3 aromatic rings. The molecule has 2 aromatic carbocycles. The van der Waals surface area contributed by atoms with Gasteiger partial charge in [-0.25, -0.2) is 0 Å². The van der Waals surface area contributed by atoms with Crippen molar-refractivity contribution < 1.29 is 9.32 Å². The number of hydrogen-bond donors (Lipinski definition) is 0. The van der Waals surface area contributed by atoms with Crippen LogP contribution in [0.5, 0.6) is 0 Å². The molecule has 1 heterocycles. The molecule has 0 unspecified atom stereocenters. The summed E-state index contributed by atoms with van der Waals surface area (Å²) in [5.41, 5.74) is 2.74. The van der Waals surface area contributed by atoms with Crippen LogP contribution >= 0.6 is 23.2 Å². The van der Waals surface area contributed by atoms with Crippen LogP contribution in [0.4, 0.5) is 0 Å². The normalized spacial score (nSPS) is 10.7. The quantitative estimate of drug-likeness (QED) is 0.627. The molecule has 3 rings (SSSR count). The number of carbonyl (C=O) groups is 1. The van der Waals surface area contributed by atoms with E-state index < -0.39 is 0 Å². The summed E-state index contributed by atoms with van der Waals surface area (Å²) >= 11 is 12.0. The lowest BCUT2D eigenvalue weighted by Gasteiger charge is -2.17. The van der Waals surface area contributed by atoms with Crippen molar-refractivity contribution in [1.29, 1.82) is 0 Å². The zero-order valence-electron chi connectivity index (χ0n) is 13.8. The number of halogens is 2. The van der Waals surface area contributed by atoms with Gasteiger partial charge in [0.15, 0.2) is 0 Å². The van der Waals surface area contributed by atoms with Crippen molar-refractivity contribution in [3.05, 3.63) is 75.5 Å². The van der Waals surface area contributed by atoms with Crippen LogP contribution < -0.4 is 0 Å². The van der Waals surface area contributed by atoms with Gasteiger partial charge in [0.05, 0.1) is 10.0 Å². The number of hydrogen-bond acceptors (Lipinski definition) is 3. The molecule has 0 fully saturated rings. The van der Waals surface area contributed by atoms with Gasteiger partial charge in [-0.3, -0.25) is 4.79 Å². The molecule has 6 heteroatoms. The molecule has 25 heavy (non-hydrogen) atoms. The van der Waals surface area contributed by atoms with Crippen molar-refractivity contribution >= 4 is 29.1 Å². The van der Waals surface area contributed by atoms with Crippen molar-refractivity contribution in [2.45, 2.75) is 13.5 Å². The summed E-state index contributed by atoms with van der Waals surface area (Å²) in [5, 5.41) is 5.01. The standard InChI is InChI=1S/C19H16Cl2N2O2/c1-12-17(18(22-25-12)14-6-4-3-5-7-14)19(24)23(2)11-13-8-9-15(20)16(21)10-13/h3-10H,11H2,1-2H3. The summed E-state index contributed by atoms with van der Waals surface area (Å²) in [7, 11) is 1.73. The average molecular weight is 375 g/mol. The highest BCUT2D eigenvalue weighted by atomic mass is 35.5. The van der Waals surface area contributed by atoms with Gasteiger partial charge in [0.2, 0.25) is 0 Å². The Morgan fingerprint density at radius 2 is 1.84 bits per heavy atom. The lowest BCUT2D eigenvalue weighted by atomic mass is 10.1. The van der Waals surface area contributed by atoms with Gasteiger partial charge in [-0.2, -0.15) is 0 Å². The summed E-state index contributed by atoms with van der Waals surface area (Å²) in [4.78, 5) is 14.5. The maximum atomic E-state index is 12.9. The number of rotatable bonds is 4. The van der Waals surface area contributed by atoms with E-state index in [4.69, 9.17) is 27.7 Å². The van der Waals surface area contributed by atoms with Crippen LogP contribution in [0.1, 0.15) is 21.7 Å². The molecule has 0 aliphatic heterocycles. The number of amides is 1. The first kappa shape index (κ1) is 17.5. The zero-order chi connectivity index (χ0) is 18.0. The van der Waals surface area contributed by atoms with Gasteiger partial charge in [-0.05, 0) is 24.6 Å². The van der Waals surface area contributed by atoms with Crippen molar-refractivity contribution in [2.24, 2.45) is 0 Å². The van der Waals surface area contributed by atoms with Crippen LogP contribution in [-0.2, 0) is 6.54 Å². The van der Waals surface area contributed by atoms with Crippen LogP contribution in [0.3, 0.4) is 0 Å². The van der Waals surface area contributed by atoms with E-state index >= 15 is 0 Å². The third kappa shape index (κ3) is 3.70. The Morgan fingerprint density at radius 3 is 2.52 bits per heavy atom. The second kappa shape index (κ2) is 7.30. The number of benzene rings is 2. The third-order valence-corrected chi connectivity index (χ3v) is 4.61. The Bertz CT molecular complexity index is 907. The topological polar surface area (TPSA) is 46.3 Å². The minimum atomic E-state index is -0.163. The number of aryl methyl sites for hydroxylation is 1. The van der Waals surface area contributed by atoms with Gasteiger partial charge in [-0.15, -0.1) is 0 Å². The van der Waals surface area contributed by atoms with Gasteiger partial charge in [0, 0.05) is 19.2 Å². The highest BCUT2D eigenvalue weighted by molar-refractivity contribution is 6.42. The van der Waals surface area contributed by atoms with E-state index in [1.807, 2.05) is 36.4 Å². The highest BCUT2D eigenvalue weighted by Crippen LogP contribution is 2.27. The second-order valence-electron chi connectivity index (χ2n) is 5.74. The fourth-order valence-electron chi connectivity index (χ4n) is 2.59. The third-order valence-electron chi connectivity index (χ3n) is 3.87. The monoisotopic (exact) mass is 374 g/mol. The Kier molecular flexibility index (Phi) is 5.11. The van der Waals surface area contributed by atoms with E-state index in [1.165, 1.54) is 0 Å². The predicted octanol–water partition coefficient (Wildman–Crippen LogP) is 5.23. The Balaban J connectivity index is 1.88. The van der Waals surface area contributed by atoms with E-state index in [2.05, 4.69) is 5.16 Å². The minimum absolute atomic E-state index is 0.163. The fraction of sp³-hybridized carbons (Fsp3) is 0.158. The van der Waals surface area contributed by atoms with E-state index in [-0.39, 0.29) is 5.91 Å². The van der Waals surface area contributed by atoms with Crippen LogP contribution in [0.15, 0.2) is 53.1 Å². The maximum Gasteiger partial charge on any atom is 0.259 e. The fourth-order valence-corrected chi connectivity index (χ4v) is 2.91. The zero-order valence-corrected chi connectivity index (χ0v) is 15.3. The van der Waals surface area contributed by atoms with Crippen molar-refractivity contribution in [2.75, 3.05) is 7.05 Å². The van der Waals surface area contributed by atoms with Crippen molar-refractivity contribution in [1.82, 2.24) is 10.1 Å². The minimum Gasteiger partial charge on any atom is -0.360 e. The number of carbonyl (C=O) groups excluding carboxylic acids is 1. The SMILES string of the molecule is Cc1onc(-c2ccccc2)c1C(=O)N(C)Cc1ccc(Cl)c(Cl)c1. The summed E-state index contributed by atoms with van der Waals surface area (Å²) < 4.78 is 5.27. The van der Waals surface area contributed by atoms with Gasteiger partial charge in [0.1, 0.15) is 17.0 Å². The van der Waals surface area contributed by atoms with E-state index in [0.717, 1.165) is 11.1 Å². The predicted molar refractivity (Wildman–Crippen MR) is 98.9 cm³/mol. The molecular formula is C19H16Cl2N2O2. The first-order chi connectivity index (χ1) is 12.0. The molecule has 0 bridgehead atoms. The van der Waals surface area contributed by atoms with Crippen molar-refractivity contribution in [3.63, 3.8) is 0 Å². The molecule has 0 radical (unpaired) electrons. The number of nitrogens with zero attached hydrogens (tertiary/aromatic N) is 2. The molecule has 0 spiro atoms. The van der Waals surface area contributed by atoms with E-state index in [9.17, 15) is 4.79 Å². The molecule has 0 saturated carbocycles. The Hall–Kier alpha value is -2.30. The molecule has 0 N–H and O–H groups in total. The first-order valence-electron chi connectivity index (χ1n) is 7.68. The first-order valence-corrected chi connectivity index (χ1v) is 8.44. The molecule has 0 saturated heterocycles. The molecule has 128 valence electrons. The molecule has 0 atom stereocenters. The van der Waals surface area contributed by atoms with E-state index in [1.54, 1.807) is 31.0 Å². The van der Waals surface area contributed by atoms with E-state index in [0.29, 0.717) is 33.6 Å². The smallest absolute Gasteiger partial charge is 0.259 e. The summed E-state index contributed by atoms with van der Waals surface area (Å²) in [5.74, 6) is 0.327. The molecule has 1 amide bonds. The van der Waals surface area contributed by atoms with Gasteiger partial charge in [-0.1, -0.05) is 64.8 Å². The summed E-state index contributed by atoms with van der Waals surface area (Å²) in [6.45, 7) is 2.13. The average Bonchev–Trinajstić information content (AvgIpc) is 2.99. The van der Waals surface area contributed by atoms with Gasteiger partial charge >= 0.3 is 0 Å². The highest BCUT2D eigenvalue weighted by Gasteiger charge is 2.24. The lowest BCUT2D eigenvalue weighted by Crippen LogP contribution is -2.27. The van der Waals surface area contributed by atoms with Gasteiger partial charge in [0.25, 0.3) is 5.91 Å². The van der Waals surface area contributed by atoms with Crippen LogP contribution in [0, 0.1) is 6.92 Å². The molecule has 1 aromatic heterocycles. The summed E-state index contributed by atoms with van der Waals surface area (Å²) in [6, 6.07) is 14.8. The number of aromatic nitrogens is 1. The van der Waals surface area contributed by atoms with Crippen LogP contribution in [-0.4, -0.2) is 23.0 Å². The summed E-state index contributed by atoms with van der Waals surface area (Å²) in [6.07, 6.45) is 0. The Labute approximate surface area is 155 Å². The van der Waals surface area contributed by atoms with Crippen LogP contribution in [0.25, 0.3) is 11.3 Å². The largest absolute Gasteiger partial charge is 0.360 e. The Morgan fingerprint density at radius 1 is 1.12 bits per heavy atom. The van der Waals surface area contributed by atoms with Crippen molar-refractivity contribution in [3.8, 4) is 11.3 Å².